The largest absolute Gasteiger partial charge is 0.493 e. The second-order valence-corrected chi connectivity index (χ2v) is 6.51. The average Bonchev–Trinajstić information content (AvgIpc) is 2.73. The lowest BCUT2D eigenvalue weighted by Crippen LogP contribution is -2.46. The highest BCUT2D eigenvalue weighted by atomic mass is 127. The van der Waals surface area contributed by atoms with Crippen LogP contribution in [0.15, 0.2) is 23.2 Å². The lowest BCUT2D eigenvalue weighted by molar-refractivity contribution is 0.0169. The van der Waals surface area contributed by atoms with Gasteiger partial charge in [-0.15, -0.1) is 24.0 Å². The molecule has 0 spiro atoms. The minimum atomic E-state index is 0. The van der Waals surface area contributed by atoms with E-state index in [2.05, 4.69) is 39.6 Å². The van der Waals surface area contributed by atoms with Crippen molar-refractivity contribution < 1.29 is 14.2 Å². The number of morpholine rings is 1. The van der Waals surface area contributed by atoms with Gasteiger partial charge in [-0.25, -0.2) is 0 Å². The normalized spacial score (nSPS) is 16.1. The number of ether oxygens (including phenoxy) is 3. The Bertz CT molecular complexity index is 595. The molecule has 8 heteroatoms. The smallest absolute Gasteiger partial charge is 0.191 e. The van der Waals surface area contributed by atoms with Crippen LogP contribution in [0.4, 0.5) is 0 Å². The number of aliphatic imine (C=N–C) groups is 1. The maximum absolute atomic E-state index is 5.54. The van der Waals surface area contributed by atoms with Gasteiger partial charge in [-0.3, -0.25) is 9.89 Å². The predicted octanol–water partition coefficient (Wildman–Crippen LogP) is 2.66. The number of hydrogen-bond donors (Lipinski definition) is 2. The molecular weight excluding hydrogens is 471 g/mol. The molecule has 1 aliphatic rings. The number of guanidine groups is 1. The van der Waals surface area contributed by atoms with Crippen LogP contribution in [0.5, 0.6) is 11.5 Å². The van der Waals surface area contributed by atoms with Gasteiger partial charge in [0.25, 0.3) is 0 Å². The van der Waals surface area contributed by atoms with Gasteiger partial charge < -0.3 is 24.8 Å². The Balaban J connectivity index is 0.00000392. The second-order valence-electron chi connectivity index (χ2n) is 6.51. The monoisotopic (exact) mass is 506 g/mol. The van der Waals surface area contributed by atoms with Crippen molar-refractivity contribution in [3.8, 4) is 11.5 Å². The second kappa shape index (κ2) is 13.8. The molecule has 1 unspecified atom stereocenters. The molecule has 7 nitrogen and oxygen atoms in total. The molecule has 1 saturated heterocycles. The highest BCUT2D eigenvalue weighted by molar-refractivity contribution is 14.0. The number of nitrogens with zero attached hydrogens (tertiary/aromatic N) is 2. The number of unbranched alkanes of at least 4 members (excludes halogenated alkanes) is 1. The first-order valence-corrected chi connectivity index (χ1v) is 9.71. The van der Waals surface area contributed by atoms with Crippen molar-refractivity contribution in [2.24, 2.45) is 4.99 Å². The molecule has 2 rings (SSSR count). The van der Waals surface area contributed by atoms with Gasteiger partial charge in [0.15, 0.2) is 17.5 Å². The molecule has 0 radical (unpaired) electrons. The Morgan fingerprint density at radius 3 is 2.50 bits per heavy atom. The summed E-state index contributed by atoms with van der Waals surface area (Å²) in [6, 6.07) is 6.33. The molecule has 1 atom stereocenters. The van der Waals surface area contributed by atoms with Crippen molar-refractivity contribution in [3.05, 3.63) is 23.8 Å². The molecule has 160 valence electrons. The van der Waals surface area contributed by atoms with Crippen LogP contribution >= 0.6 is 24.0 Å². The lowest BCUT2D eigenvalue weighted by atomic mass is 10.0. The van der Waals surface area contributed by atoms with Crippen molar-refractivity contribution in [2.45, 2.75) is 25.8 Å². The van der Waals surface area contributed by atoms with E-state index in [-0.39, 0.29) is 30.0 Å². The molecule has 1 aliphatic heterocycles. The van der Waals surface area contributed by atoms with Crippen LogP contribution in [0.3, 0.4) is 0 Å². The summed E-state index contributed by atoms with van der Waals surface area (Å²) < 4.78 is 16.4. The Hall–Kier alpha value is -1.26. The van der Waals surface area contributed by atoms with Crippen LogP contribution in [0.2, 0.25) is 0 Å². The van der Waals surface area contributed by atoms with E-state index in [9.17, 15) is 0 Å². The van der Waals surface area contributed by atoms with Crippen LogP contribution < -0.4 is 20.1 Å². The van der Waals surface area contributed by atoms with Gasteiger partial charge in [0.1, 0.15) is 0 Å². The zero-order valence-corrected chi connectivity index (χ0v) is 19.8. The number of methoxy groups -OCH3 is 2. The molecule has 2 N–H and O–H groups in total. The van der Waals surface area contributed by atoms with E-state index in [1.165, 1.54) is 5.56 Å². The van der Waals surface area contributed by atoms with Gasteiger partial charge in [-0.2, -0.15) is 0 Å². The Morgan fingerprint density at radius 2 is 1.89 bits per heavy atom. The summed E-state index contributed by atoms with van der Waals surface area (Å²) in [5.41, 5.74) is 1.19. The minimum Gasteiger partial charge on any atom is -0.493 e. The molecule has 1 fully saturated rings. The number of benzene rings is 1. The fraction of sp³-hybridized carbons (Fsp3) is 0.650. The van der Waals surface area contributed by atoms with E-state index in [4.69, 9.17) is 14.2 Å². The van der Waals surface area contributed by atoms with Crippen LogP contribution in [0.25, 0.3) is 0 Å². The molecule has 1 aromatic carbocycles. The summed E-state index contributed by atoms with van der Waals surface area (Å²) >= 11 is 0. The van der Waals surface area contributed by atoms with Crippen LogP contribution in [-0.2, 0) is 4.74 Å². The first-order chi connectivity index (χ1) is 13.2. The van der Waals surface area contributed by atoms with Gasteiger partial charge in [-0.1, -0.05) is 19.4 Å². The topological polar surface area (TPSA) is 67.4 Å². The first kappa shape index (κ1) is 24.8. The van der Waals surface area contributed by atoms with E-state index >= 15 is 0 Å². The Kier molecular flexibility index (Phi) is 12.2. The fourth-order valence-electron chi connectivity index (χ4n) is 3.20. The molecule has 0 aliphatic carbocycles. The highest BCUT2D eigenvalue weighted by Gasteiger charge is 2.24. The maximum Gasteiger partial charge on any atom is 0.191 e. The number of nitrogens with one attached hydrogen (secondary N) is 2. The summed E-state index contributed by atoms with van der Waals surface area (Å²) in [5.74, 6) is 2.33. The van der Waals surface area contributed by atoms with Gasteiger partial charge >= 0.3 is 0 Å². The number of hydrogen-bond acceptors (Lipinski definition) is 5. The van der Waals surface area contributed by atoms with Crippen molar-refractivity contribution >= 4 is 29.9 Å². The van der Waals surface area contributed by atoms with Gasteiger partial charge in [0.05, 0.1) is 33.5 Å². The summed E-state index contributed by atoms with van der Waals surface area (Å²) in [5, 5.41) is 6.85. The van der Waals surface area contributed by atoms with Crippen molar-refractivity contribution in [1.82, 2.24) is 15.5 Å². The maximum atomic E-state index is 5.54. The zero-order chi connectivity index (χ0) is 19.5. The first-order valence-electron chi connectivity index (χ1n) is 9.71. The SMILES string of the molecule is CCCCNC(=NC)NCC(c1ccc(OC)c(OC)c1)N1CCOCC1.I. The van der Waals surface area contributed by atoms with Gasteiger partial charge in [-0.05, 0) is 24.1 Å². The molecule has 0 saturated carbocycles. The number of rotatable bonds is 9. The van der Waals surface area contributed by atoms with E-state index in [0.29, 0.717) is 0 Å². The molecule has 0 aromatic heterocycles. The van der Waals surface area contributed by atoms with E-state index in [0.717, 1.165) is 69.7 Å². The third-order valence-corrected chi connectivity index (χ3v) is 4.79. The van der Waals surface area contributed by atoms with Crippen molar-refractivity contribution in [3.63, 3.8) is 0 Å². The standard InChI is InChI=1S/C20H34N4O3.HI/c1-5-6-9-22-20(21-2)23-15-17(24-10-12-27-13-11-24)16-7-8-18(25-3)19(14-16)26-4;/h7-8,14,17H,5-6,9-13,15H2,1-4H3,(H2,21,22,23);1H. The fourth-order valence-corrected chi connectivity index (χ4v) is 3.20. The van der Waals surface area contributed by atoms with Crippen LogP contribution in [0.1, 0.15) is 31.4 Å². The van der Waals surface area contributed by atoms with Crippen LogP contribution in [-0.4, -0.2) is 71.5 Å². The summed E-state index contributed by atoms with van der Waals surface area (Å²) in [7, 11) is 5.13. The molecule has 0 bridgehead atoms. The predicted molar refractivity (Wildman–Crippen MR) is 124 cm³/mol. The quantitative estimate of drug-likeness (QED) is 0.233. The van der Waals surface area contributed by atoms with Crippen LogP contribution in [0, 0.1) is 0 Å². The molecule has 0 amide bonds. The Morgan fingerprint density at radius 1 is 1.18 bits per heavy atom. The van der Waals surface area contributed by atoms with E-state index in [1.807, 2.05) is 6.07 Å². The Labute approximate surface area is 186 Å². The summed E-state index contributed by atoms with van der Waals surface area (Å²) in [4.78, 5) is 6.78. The van der Waals surface area contributed by atoms with Gasteiger partial charge in [0, 0.05) is 33.2 Å². The molecule has 1 heterocycles. The van der Waals surface area contributed by atoms with E-state index in [1.54, 1.807) is 21.3 Å². The minimum absolute atomic E-state index is 0. The third kappa shape index (κ3) is 7.29. The lowest BCUT2D eigenvalue weighted by Gasteiger charge is -2.35. The van der Waals surface area contributed by atoms with E-state index < -0.39 is 0 Å². The average molecular weight is 506 g/mol. The molecule has 28 heavy (non-hydrogen) atoms. The highest BCUT2D eigenvalue weighted by Crippen LogP contribution is 2.32. The van der Waals surface area contributed by atoms with Crippen molar-refractivity contribution in [2.75, 3.05) is 60.7 Å². The number of halogens is 1. The van der Waals surface area contributed by atoms with Crippen molar-refractivity contribution in [1.29, 1.82) is 0 Å². The molecular formula is C20H35IN4O3. The third-order valence-electron chi connectivity index (χ3n) is 4.79. The molecule has 1 aromatic rings. The summed E-state index contributed by atoms with van der Waals surface area (Å²) in [6.45, 7) is 7.19. The van der Waals surface area contributed by atoms with Gasteiger partial charge in [0.2, 0.25) is 0 Å². The summed E-state index contributed by atoms with van der Waals surface area (Å²) in [6.07, 6.45) is 2.29. The zero-order valence-electron chi connectivity index (χ0n) is 17.5.